The summed E-state index contributed by atoms with van der Waals surface area (Å²) >= 11 is 0. The number of rotatable bonds is 4. The molecule has 4 heterocycles. The highest BCUT2D eigenvalue weighted by atomic mass is 31.2. The monoisotopic (exact) mass is 434 g/mol. The van der Waals surface area contributed by atoms with Crippen molar-refractivity contribution in [3.8, 4) is 0 Å². The molecule has 15 nitrogen and oxygen atoms in total. The van der Waals surface area contributed by atoms with Crippen molar-refractivity contribution in [3.05, 3.63) is 0 Å². The minimum Gasteiger partial charge on any atom is -0.394 e. The summed E-state index contributed by atoms with van der Waals surface area (Å²) in [6, 6.07) is 0. The number of phosphoric acid groups is 1. The highest BCUT2D eigenvalue weighted by molar-refractivity contribution is 7.49. The second kappa shape index (κ2) is 6.34. The van der Waals surface area contributed by atoms with Gasteiger partial charge in [-0.05, 0) is 0 Å². The quantitative estimate of drug-likeness (QED) is 0.193. The molecule has 28 heavy (non-hydrogen) atoms. The Balaban J connectivity index is 1.66. The van der Waals surface area contributed by atoms with E-state index in [1.807, 2.05) is 0 Å². The first-order valence-electron chi connectivity index (χ1n) is 8.08. The van der Waals surface area contributed by atoms with Gasteiger partial charge in [0.05, 0.1) is 13.2 Å². The Hall–Kier alpha value is -0.330. The topological polar surface area (TPSA) is 234 Å². The summed E-state index contributed by atoms with van der Waals surface area (Å²) < 4.78 is 41.4. The molecule has 6 unspecified atom stereocenters. The van der Waals surface area contributed by atoms with E-state index in [1.54, 1.807) is 0 Å². The molecule has 4 aliphatic heterocycles. The van der Waals surface area contributed by atoms with Gasteiger partial charge in [0.15, 0.2) is 6.29 Å². The number of fused-ring (bicyclic) bond motifs is 1. The third-order valence-electron chi connectivity index (χ3n) is 4.99. The minimum absolute atomic E-state index is 0.786. The molecular formula is C12H19O15P. The number of hydrogen-bond acceptors (Lipinski definition) is 15. The standard InChI is InChI=1S/C12H19O15P/c13-1-3-5(15)6(16)7(17)9(22-3)23-8-4(2-14)24-12(20)11(19)10(8,18)25-28(21,26-11)27-12/h3-9,13-20H,1-2H2/t3-,4-,5?,6?,7?,8-,9?,10-,11+,12?,28?/m1/s1. The Labute approximate surface area is 155 Å². The fourth-order valence-electron chi connectivity index (χ4n) is 3.52. The van der Waals surface area contributed by atoms with Crippen LogP contribution in [0.15, 0.2) is 0 Å². The summed E-state index contributed by atoms with van der Waals surface area (Å²) in [5, 5.41) is 80.0. The van der Waals surface area contributed by atoms with Crippen LogP contribution >= 0.6 is 7.82 Å². The largest absolute Gasteiger partial charge is 0.485 e. The van der Waals surface area contributed by atoms with E-state index in [1.165, 1.54) is 0 Å². The van der Waals surface area contributed by atoms with Gasteiger partial charge in [-0.25, -0.2) is 18.1 Å². The number of ether oxygens (including phenoxy) is 3. The van der Waals surface area contributed by atoms with Gasteiger partial charge >= 0.3 is 19.6 Å². The average molecular weight is 434 g/mol. The Morgan fingerprint density at radius 3 is 2.11 bits per heavy atom. The van der Waals surface area contributed by atoms with Crippen LogP contribution < -0.4 is 0 Å². The summed E-state index contributed by atoms with van der Waals surface area (Å²) in [5.74, 6) is -9.60. The van der Waals surface area contributed by atoms with E-state index in [0.717, 1.165) is 0 Å². The van der Waals surface area contributed by atoms with Crippen LogP contribution in [0.1, 0.15) is 0 Å². The maximum Gasteiger partial charge on any atom is 0.485 e. The summed E-state index contributed by atoms with van der Waals surface area (Å²) in [6.07, 6.45) is -12.5. The highest BCUT2D eigenvalue weighted by Crippen LogP contribution is 2.76. The normalized spacial score (nSPS) is 60.9. The van der Waals surface area contributed by atoms with Gasteiger partial charge in [-0.1, -0.05) is 0 Å². The molecule has 0 spiro atoms. The number of aliphatic hydroxyl groups is 8. The predicted octanol–water partition coefficient (Wildman–Crippen LogP) is -5.23. The molecule has 0 saturated carbocycles. The summed E-state index contributed by atoms with van der Waals surface area (Å²) in [4.78, 5) is 0. The van der Waals surface area contributed by atoms with E-state index < -0.39 is 81.5 Å². The van der Waals surface area contributed by atoms with Gasteiger partial charge in [-0.3, -0.25) is 0 Å². The van der Waals surface area contributed by atoms with E-state index in [2.05, 4.69) is 9.05 Å². The Bertz CT molecular complexity index is 690. The Morgan fingerprint density at radius 2 is 1.54 bits per heavy atom. The average Bonchev–Trinajstić information content (AvgIpc) is 2.96. The number of aliphatic hydroxyl groups excluding tert-OH is 5. The van der Waals surface area contributed by atoms with Crippen LogP contribution in [0.3, 0.4) is 0 Å². The predicted molar refractivity (Wildman–Crippen MR) is 76.3 cm³/mol. The molecule has 0 aliphatic carbocycles. The fraction of sp³-hybridized carbons (Fsp3) is 1.00. The van der Waals surface area contributed by atoms with E-state index >= 15 is 0 Å². The maximum atomic E-state index is 12.2. The van der Waals surface area contributed by atoms with Gasteiger partial charge in [-0.15, -0.1) is 0 Å². The van der Waals surface area contributed by atoms with Crippen LogP contribution in [-0.4, -0.2) is 115 Å². The van der Waals surface area contributed by atoms with Gasteiger partial charge in [0.25, 0.3) is 5.79 Å². The Morgan fingerprint density at radius 1 is 0.893 bits per heavy atom. The highest BCUT2D eigenvalue weighted by Gasteiger charge is 2.90. The smallest absolute Gasteiger partial charge is 0.394 e. The molecule has 4 saturated heterocycles. The first-order chi connectivity index (χ1) is 12.9. The molecule has 4 aliphatic rings. The van der Waals surface area contributed by atoms with Gasteiger partial charge in [0.1, 0.15) is 36.6 Å². The molecule has 4 fully saturated rings. The summed E-state index contributed by atoms with van der Waals surface area (Å²) in [5.41, 5.74) is 0. The Kier molecular flexibility index (Phi) is 4.73. The first kappa shape index (κ1) is 20.9. The summed E-state index contributed by atoms with van der Waals surface area (Å²) in [6.45, 7) is -1.76. The van der Waals surface area contributed by atoms with Crippen molar-refractivity contribution in [3.63, 3.8) is 0 Å². The molecule has 0 radical (unpaired) electrons. The maximum absolute atomic E-state index is 12.2. The molecule has 11 atom stereocenters. The zero-order chi connectivity index (χ0) is 20.7. The summed E-state index contributed by atoms with van der Waals surface area (Å²) in [7, 11) is -4.70. The number of hydrogen-bond donors (Lipinski definition) is 8. The molecular weight excluding hydrogens is 415 g/mol. The zero-order valence-corrected chi connectivity index (χ0v) is 14.7. The lowest BCUT2D eigenvalue weighted by Crippen LogP contribution is -2.79. The second-order valence-electron chi connectivity index (χ2n) is 6.74. The fourth-order valence-corrected chi connectivity index (χ4v) is 5.24. The van der Waals surface area contributed by atoms with Crippen molar-refractivity contribution in [2.45, 2.75) is 60.5 Å². The van der Waals surface area contributed by atoms with Crippen molar-refractivity contribution in [2.75, 3.05) is 13.2 Å². The molecule has 8 N–H and O–H groups in total. The molecule has 0 amide bonds. The van der Waals surface area contributed by atoms with Crippen LogP contribution in [0.4, 0.5) is 0 Å². The molecule has 162 valence electrons. The number of phosphoric ester groups is 1. The molecule has 0 aromatic carbocycles. The third kappa shape index (κ3) is 2.52. The van der Waals surface area contributed by atoms with Crippen LogP contribution in [0.2, 0.25) is 0 Å². The van der Waals surface area contributed by atoms with E-state index in [-0.39, 0.29) is 0 Å². The lowest BCUT2D eigenvalue weighted by molar-refractivity contribution is -0.534. The first-order valence-corrected chi connectivity index (χ1v) is 9.54. The van der Waals surface area contributed by atoms with Crippen LogP contribution in [0.5, 0.6) is 0 Å². The van der Waals surface area contributed by atoms with Gasteiger partial charge in [0, 0.05) is 0 Å². The van der Waals surface area contributed by atoms with E-state index in [0.29, 0.717) is 0 Å². The zero-order valence-electron chi connectivity index (χ0n) is 13.8. The van der Waals surface area contributed by atoms with Gasteiger partial charge in [-0.2, -0.15) is 0 Å². The van der Waals surface area contributed by atoms with Crippen molar-refractivity contribution in [1.29, 1.82) is 0 Å². The molecule has 0 aromatic heterocycles. The second-order valence-corrected chi connectivity index (χ2v) is 8.18. The molecule has 4 rings (SSSR count). The minimum atomic E-state index is -4.70. The molecule has 2 bridgehead atoms. The van der Waals surface area contributed by atoms with Crippen LogP contribution in [0, 0.1) is 0 Å². The van der Waals surface area contributed by atoms with Crippen molar-refractivity contribution < 1.29 is 73.2 Å². The molecule has 0 aromatic rings. The van der Waals surface area contributed by atoms with Crippen molar-refractivity contribution in [1.82, 2.24) is 0 Å². The lowest BCUT2D eigenvalue weighted by atomic mass is 9.90. The SMILES string of the molecule is O=P12OC3(O)O[C@H](CO)[C@@H](OC4O[C@H](CO)C(O)C(O)C4O)[C@@](O)(O1)[C@]3(O)O2. The molecule has 16 heteroatoms. The van der Waals surface area contributed by atoms with Crippen LogP contribution in [-0.2, 0) is 32.3 Å². The van der Waals surface area contributed by atoms with E-state index in [4.69, 9.17) is 18.7 Å². The van der Waals surface area contributed by atoms with Crippen molar-refractivity contribution >= 4 is 7.82 Å². The van der Waals surface area contributed by atoms with Crippen LogP contribution in [0.25, 0.3) is 0 Å². The van der Waals surface area contributed by atoms with Crippen molar-refractivity contribution in [2.24, 2.45) is 0 Å². The van der Waals surface area contributed by atoms with Gasteiger partial charge < -0.3 is 55.1 Å². The lowest BCUT2D eigenvalue weighted by Gasteiger charge is -2.53. The third-order valence-corrected chi connectivity index (χ3v) is 6.45. The van der Waals surface area contributed by atoms with Gasteiger partial charge in [0.2, 0.25) is 0 Å². The van der Waals surface area contributed by atoms with E-state index in [9.17, 15) is 45.4 Å².